The van der Waals surface area contributed by atoms with E-state index in [4.69, 9.17) is 4.74 Å². The molecule has 0 radical (unpaired) electrons. The van der Waals surface area contributed by atoms with Crippen LogP contribution in [0, 0.1) is 13.8 Å². The smallest absolute Gasteiger partial charge is 0.241 e. The average molecular weight is 419 g/mol. The SMILES string of the molecule is Cc1cccc(S(=O)(=O)NC[C@H](c2ccc(N(C)C)cc2)[NH+]2CCOCC2)c1C. The van der Waals surface area contributed by atoms with Crippen LogP contribution in [0.15, 0.2) is 47.4 Å². The van der Waals surface area contributed by atoms with Crippen molar-refractivity contribution in [1.29, 1.82) is 0 Å². The Morgan fingerprint density at radius 2 is 1.72 bits per heavy atom. The van der Waals surface area contributed by atoms with Gasteiger partial charge in [-0.3, -0.25) is 0 Å². The predicted octanol–water partition coefficient (Wildman–Crippen LogP) is 1.30. The molecule has 2 aromatic rings. The van der Waals surface area contributed by atoms with E-state index in [1.807, 2.05) is 34.0 Å². The molecule has 1 saturated heterocycles. The first-order chi connectivity index (χ1) is 13.8. The topological polar surface area (TPSA) is 63.1 Å². The number of rotatable bonds is 7. The Bertz CT molecular complexity index is 921. The molecule has 158 valence electrons. The fourth-order valence-corrected chi connectivity index (χ4v) is 5.13. The highest BCUT2D eigenvalue weighted by Gasteiger charge is 2.29. The quantitative estimate of drug-likeness (QED) is 0.712. The highest BCUT2D eigenvalue weighted by Crippen LogP contribution is 2.20. The van der Waals surface area contributed by atoms with Crippen molar-refractivity contribution in [1.82, 2.24) is 4.72 Å². The van der Waals surface area contributed by atoms with E-state index in [2.05, 4.69) is 33.9 Å². The number of aryl methyl sites for hydroxylation is 1. The summed E-state index contributed by atoms with van der Waals surface area (Å²) in [5.41, 5.74) is 4.03. The van der Waals surface area contributed by atoms with Crippen LogP contribution in [0.1, 0.15) is 22.7 Å². The van der Waals surface area contributed by atoms with Crippen LogP contribution in [0.3, 0.4) is 0 Å². The van der Waals surface area contributed by atoms with Crippen molar-refractivity contribution in [3.8, 4) is 0 Å². The Morgan fingerprint density at radius 3 is 2.34 bits per heavy atom. The van der Waals surface area contributed by atoms with Crippen molar-refractivity contribution in [2.45, 2.75) is 24.8 Å². The number of hydrogen-bond donors (Lipinski definition) is 2. The van der Waals surface area contributed by atoms with Crippen molar-refractivity contribution in [2.24, 2.45) is 0 Å². The molecule has 0 bridgehead atoms. The Labute approximate surface area is 174 Å². The van der Waals surface area contributed by atoms with Gasteiger partial charge in [0.15, 0.2) is 0 Å². The molecular formula is C22H32N3O3S+. The van der Waals surface area contributed by atoms with Gasteiger partial charge in [-0.25, -0.2) is 13.1 Å². The molecule has 1 atom stereocenters. The van der Waals surface area contributed by atoms with Crippen LogP contribution in [0.5, 0.6) is 0 Å². The molecule has 1 aliphatic rings. The maximum Gasteiger partial charge on any atom is 0.241 e. The molecular weight excluding hydrogens is 386 g/mol. The first-order valence-corrected chi connectivity index (χ1v) is 11.5. The van der Waals surface area contributed by atoms with E-state index >= 15 is 0 Å². The zero-order valence-electron chi connectivity index (χ0n) is 17.7. The lowest BCUT2D eigenvalue weighted by Gasteiger charge is -2.32. The summed E-state index contributed by atoms with van der Waals surface area (Å²) in [6, 6.07) is 13.8. The zero-order valence-corrected chi connectivity index (χ0v) is 18.6. The van der Waals surface area contributed by atoms with Gasteiger partial charge in [0.05, 0.1) is 24.7 Å². The summed E-state index contributed by atoms with van der Waals surface area (Å²) >= 11 is 0. The summed E-state index contributed by atoms with van der Waals surface area (Å²) < 4.78 is 34.4. The third kappa shape index (κ3) is 5.17. The minimum atomic E-state index is -3.58. The summed E-state index contributed by atoms with van der Waals surface area (Å²) in [6.45, 7) is 7.27. The van der Waals surface area contributed by atoms with Crippen molar-refractivity contribution < 1.29 is 18.1 Å². The number of anilines is 1. The maximum atomic E-state index is 13.0. The molecule has 0 spiro atoms. The van der Waals surface area contributed by atoms with Crippen molar-refractivity contribution in [3.05, 3.63) is 59.2 Å². The lowest BCUT2D eigenvalue weighted by atomic mass is 10.0. The van der Waals surface area contributed by atoms with E-state index in [9.17, 15) is 8.42 Å². The maximum absolute atomic E-state index is 13.0. The zero-order chi connectivity index (χ0) is 21.0. The van der Waals surface area contributed by atoms with Gasteiger partial charge in [0.25, 0.3) is 0 Å². The minimum absolute atomic E-state index is 0.0370. The second-order valence-corrected chi connectivity index (χ2v) is 9.59. The summed E-state index contributed by atoms with van der Waals surface area (Å²) in [7, 11) is 0.444. The van der Waals surface area contributed by atoms with Gasteiger partial charge in [-0.2, -0.15) is 0 Å². The molecule has 0 saturated carbocycles. The molecule has 1 fully saturated rings. The second kappa shape index (κ2) is 9.26. The third-order valence-corrected chi connectivity index (χ3v) is 7.33. The molecule has 2 N–H and O–H groups in total. The monoisotopic (exact) mass is 418 g/mol. The summed E-state index contributed by atoms with van der Waals surface area (Å²) in [5.74, 6) is 0. The first kappa shape index (κ1) is 21.8. The summed E-state index contributed by atoms with van der Waals surface area (Å²) in [5, 5.41) is 0. The van der Waals surface area contributed by atoms with Crippen LogP contribution in [0.25, 0.3) is 0 Å². The van der Waals surface area contributed by atoms with Gasteiger partial charge in [-0.05, 0) is 43.2 Å². The van der Waals surface area contributed by atoms with Crippen LogP contribution >= 0.6 is 0 Å². The number of sulfonamides is 1. The Hall–Kier alpha value is -1.93. The molecule has 0 aliphatic carbocycles. The average Bonchev–Trinajstić information content (AvgIpc) is 2.71. The van der Waals surface area contributed by atoms with Crippen LogP contribution < -0.4 is 14.5 Å². The molecule has 1 heterocycles. The van der Waals surface area contributed by atoms with E-state index in [0.29, 0.717) is 24.7 Å². The Kier molecular flexibility index (Phi) is 6.95. The van der Waals surface area contributed by atoms with Gasteiger partial charge < -0.3 is 14.5 Å². The van der Waals surface area contributed by atoms with Gasteiger partial charge >= 0.3 is 0 Å². The highest BCUT2D eigenvalue weighted by molar-refractivity contribution is 7.89. The van der Waals surface area contributed by atoms with Crippen molar-refractivity contribution in [3.63, 3.8) is 0 Å². The van der Waals surface area contributed by atoms with Gasteiger partial charge in [0.1, 0.15) is 19.1 Å². The van der Waals surface area contributed by atoms with E-state index < -0.39 is 10.0 Å². The number of hydrogen-bond acceptors (Lipinski definition) is 4. The van der Waals surface area contributed by atoms with Crippen LogP contribution in [-0.4, -0.2) is 55.4 Å². The Balaban J connectivity index is 1.84. The number of benzene rings is 2. The Morgan fingerprint density at radius 1 is 1.07 bits per heavy atom. The standard InChI is InChI=1S/C22H31N3O3S/c1-17-6-5-7-22(18(17)2)29(26,27)23-16-21(25-12-14-28-15-13-25)19-8-10-20(11-9-19)24(3)4/h5-11,21,23H,12-16H2,1-4H3/p+1/t21-/m1/s1. The lowest BCUT2D eigenvalue weighted by Crippen LogP contribution is -3.15. The van der Waals surface area contributed by atoms with Gasteiger partial charge in [0, 0.05) is 25.3 Å². The van der Waals surface area contributed by atoms with E-state index in [1.54, 1.807) is 12.1 Å². The first-order valence-electron chi connectivity index (χ1n) is 10.0. The minimum Gasteiger partial charge on any atom is -0.378 e. The number of nitrogens with one attached hydrogen (secondary N) is 2. The van der Waals surface area contributed by atoms with Crippen LogP contribution in [-0.2, 0) is 14.8 Å². The largest absolute Gasteiger partial charge is 0.378 e. The highest BCUT2D eigenvalue weighted by atomic mass is 32.2. The number of morpholine rings is 1. The molecule has 0 unspecified atom stereocenters. The van der Waals surface area contributed by atoms with Crippen LogP contribution in [0.2, 0.25) is 0 Å². The van der Waals surface area contributed by atoms with Crippen molar-refractivity contribution in [2.75, 3.05) is 51.8 Å². The van der Waals surface area contributed by atoms with Gasteiger partial charge in [-0.1, -0.05) is 24.3 Å². The molecule has 0 amide bonds. The molecule has 6 nitrogen and oxygen atoms in total. The number of ether oxygens (including phenoxy) is 1. The van der Waals surface area contributed by atoms with Gasteiger partial charge in [0.2, 0.25) is 10.0 Å². The second-order valence-electron chi connectivity index (χ2n) is 7.86. The lowest BCUT2D eigenvalue weighted by molar-refractivity contribution is -0.937. The third-order valence-electron chi connectivity index (χ3n) is 5.76. The van der Waals surface area contributed by atoms with E-state index in [1.165, 1.54) is 4.90 Å². The van der Waals surface area contributed by atoms with Crippen LogP contribution in [0.4, 0.5) is 5.69 Å². The van der Waals surface area contributed by atoms with Crippen molar-refractivity contribution >= 4 is 15.7 Å². The molecule has 3 rings (SSSR count). The van der Waals surface area contributed by atoms with E-state index in [-0.39, 0.29) is 6.04 Å². The summed E-state index contributed by atoms with van der Waals surface area (Å²) in [4.78, 5) is 3.76. The molecule has 2 aromatic carbocycles. The molecule has 29 heavy (non-hydrogen) atoms. The molecule has 7 heteroatoms. The normalized spacial score (nSPS) is 16.6. The predicted molar refractivity (Wildman–Crippen MR) is 116 cm³/mol. The fourth-order valence-electron chi connectivity index (χ4n) is 3.77. The van der Waals surface area contributed by atoms with Gasteiger partial charge in [-0.15, -0.1) is 0 Å². The number of nitrogens with zero attached hydrogens (tertiary/aromatic N) is 1. The fraction of sp³-hybridized carbons (Fsp3) is 0.455. The molecule has 1 aliphatic heterocycles. The van der Waals surface area contributed by atoms with E-state index in [0.717, 1.165) is 35.5 Å². The molecule has 0 aromatic heterocycles. The summed E-state index contributed by atoms with van der Waals surface area (Å²) in [6.07, 6.45) is 0. The number of quaternary nitrogens is 1.